The van der Waals surface area contributed by atoms with E-state index in [9.17, 15) is 15.0 Å². The number of methoxy groups -OCH3 is 1. The van der Waals surface area contributed by atoms with E-state index in [1.807, 2.05) is 26.8 Å². The summed E-state index contributed by atoms with van der Waals surface area (Å²) in [4.78, 5) is 14.4. The molecule has 5 nitrogen and oxygen atoms in total. The van der Waals surface area contributed by atoms with E-state index in [1.54, 1.807) is 29.2 Å². The second kappa shape index (κ2) is 7.11. The van der Waals surface area contributed by atoms with Gasteiger partial charge < -0.3 is 14.9 Å². The van der Waals surface area contributed by atoms with Gasteiger partial charge in [0.1, 0.15) is 11.1 Å². The predicted octanol–water partition coefficient (Wildman–Crippen LogP) is 4.32. The first-order chi connectivity index (χ1) is 12.3. The van der Waals surface area contributed by atoms with Gasteiger partial charge in [-0.05, 0) is 53.8 Å². The van der Waals surface area contributed by atoms with Crippen LogP contribution in [0.4, 0.5) is 5.69 Å². The summed E-state index contributed by atoms with van der Waals surface area (Å²) in [6.45, 7) is 5.91. The highest BCUT2D eigenvalue weighted by molar-refractivity contribution is 8.00. The maximum absolute atomic E-state index is 12.7. The Labute approximate surface area is 157 Å². The van der Waals surface area contributed by atoms with Crippen molar-refractivity contribution in [1.82, 2.24) is 0 Å². The molecule has 0 aromatic heterocycles. The summed E-state index contributed by atoms with van der Waals surface area (Å²) in [7, 11) is 1.50. The number of hydrogen-bond acceptors (Lipinski definition) is 5. The zero-order chi connectivity index (χ0) is 19.0. The van der Waals surface area contributed by atoms with Gasteiger partial charge in [0.25, 0.3) is 0 Å². The summed E-state index contributed by atoms with van der Waals surface area (Å²) in [5.74, 6) is 1.25. The van der Waals surface area contributed by atoms with Crippen LogP contribution in [0, 0.1) is 6.92 Å². The van der Waals surface area contributed by atoms with Crippen LogP contribution in [0.15, 0.2) is 30.3 Å². The SMILES string of the molecule is COc1cc(C2SCC(=O)N2c2cc(C(C)C)c(O)cc2C)ccc1O. The lowest BCUT2D eigenvalue weighted by Crippen LogP contribution is -2.28. The molecule has 1 saturated heterocycles. The van der Waals surface area contributed by atoms with E-state index in [2.05, 4.69) is 0 Å². The number of carbonyl (C=O) groups excluding carboxylic acids is 1. The number of thioether (sulfide) groups is 1. The Morgan fingerprint density at radius 2 is 1.92 bits per heavy atom. The van der Waals surface area contributed by atoms with Gasteiger partial charge in [-0.15, -0.1) is 11.8 Å². The van der Waals surface area contributed by atoms with Crippen molar-refractivity contribution in [3.63, 3.8) is 0 Å². The van der Waals surface area contributed by atoms with Crippen molar-refractivity contribution in [3.8, 4) is 17.2 Å². The topological polar surface area (TPSA) is 70.0 Å². The highest BCUT2D eigenvalue weighted by Crippen LogP contribution is 2.46. The fourth-order valence-corrected chi connectivity index (χ4v) is 4.36. The summed E-state index contributed by atoms with van der Waals surface area (Å²) in [5.41, 5.74) is 3.35. The van der Waals surface area contributed by atoms with Gasteiger partial charge in [0.15, 0.2) is 11.5 Å². The molecule has 1 aliphatic rings. The average Bonchev–Trinajstić information content (AvgIpc) is 2.96. The molecule has 1 aliphatic heterocycles. The van der Waals surface area contributed by atoms with Crippen LogP contribution < -0.4 is 9.64 Å². The molecular weight excluding hydrogens is 350 g/mol. The van der Waals surface area contributed by atoms with Crippen LogP contribution in [0.1, 0.15) is 41.8 Å². The van der Waals surface area contributed by atoms with Gasteiger partial charge in [-0.2, -0.15) is 0 Å². The van der Waals surface area contributed by atoms with E-state index in [1.165, 1.54) is 18.9 Å². The van der Waals surface area contributed by atoms with Crippen molar-refractivity contribution in [2.24, 2.45) is 0 Å². The lowest BCUT2D eigenvalue weighted by Gasteiger charge is -2.27. The molecule has 26 heavy (non-hydrogen) atoms. The summed E-state index contributed by atoms with van der Waals surface area (Å²) in [6.07, 6.45) is 0. The molecule has 1 unspecified atom stereocenters. The van der Waals surface area contributed by atoms with Gasteiger partial charge in [0, 0.05) is 5.69 Å². The van der Waals surface area contributed by atoms with E-state index < -0.39 is 0 Å². The van der Waals surface area contributed by atoms with Gasteiger partial charge in [-0.3, -0.25) is 9.69 Å². The van der Waals surface area contributed by atoms with Crippen LogP contribution in [0.2, 0.25) is 0 Å². The lowest BCUT2D eigenvalue weighted by molar-refractivity contribution is -0.115. The number of nitrogens with zero attached hydrogens (tertiary/aromatic N) is 1. The molecule has 0 radical (unpaired) electrons. The van der Waals surface area contributed by atoms with Crippen molar-refractivity contribution in [1.29, 1.82) is 0 Å². The molecule has 0 aliphatic carbocycles. The Morgan fingerprint density at radius 1 is 1.19 bits per heavy atom. The van der Waals surface area contributed by atoms with Crippen LogP contribution in [0.25, 0.3) is 0 Å². The lowest BCUT2D eigenvalue weighted by atomic mass is 9.98. The molecule has 1 amide bonds. The van der Waals surface area contributed by atoms with Crippen molar-refractivity contribution < 1.29 is 19.7 Å². The van der Waals surface area contributed by atoms with Gasteiger partial charge in [-0.1, -0.05) is 19.9 Å². The summed E-state index contributed by atoms with van der Waals surface area (Å²) in [5, 5.41) is 19.9. The predicted molar refractivity (Wildman–Crippen MR) is 104 cm³/mol. The first-order valence-electron chi connectivity index (χ1n) is 8.47. The van der Waals surface area contributed by atoms with Gasteiger partial charge in [0.05, 0.1) is 12.9 Å². The number of amides is 1. The number of ether oxygens (including phenoxy) is 1. The van der Waals surface area contributed by atoms with Gasteiger partial charge in [0.2, 0.25) is 5.91 Å². The Kier molecular flexibility index (Phi) is 5.05. The first-order valence-corrected chi connectivity index (χ1v) is 9.52. The Bertz CT molecular complexity index is 850. The third kappa shape index (κ3) is 3.21. The number of aromatic hydroxyl groups is 2. The normalized spacial score (nSPS) is 17.2. The monoisotopic (exact) mass is 373 g/mol. The van der Waals surface area contributed by atoms with Crippen molar-refractivity contribution >= 4 is 23.4 Å². The summed E-state index contributed by atoms with van der Waals surface area (Å²) >= 11 is 1.54. The Balaban J connectivity index is 2.08. The average molecular weight is 373 g/mol. The second-order valence-corrected chi connectivity index (χ2v) is 7.78. The zero-order valence-electron chi connectivity index (χ0n) is 15.3. The fraction of sp³-hybridized carbons (Fsp3) is 0.350. The smallest absolute Gasteiger partial charge is 0.238 e. The Hall–Kier alpha value is -2.34. The van der Waals surface area contributed by atoms with Crippen LogP contribution >= 0.6 is 11.8 Å². The summed E-state index contributed by atoms with van der Waals surface area (Å²) in [6, 6.07) is 8.77. The van der Waals surface area contributed by atoms with E-state index in [0.717, 1.165) is 22.4 Å². The fourth-order valence-electron chi connectivity index (χ4n) is 3.20. The first kappa shape index (κ1) is 18.5. The number of rotatable bonds is 4. The zero-order valence-corrected chi connectivity index (χ0v) is 16.1. The molecule has 6 heteroatoms. The molecule has 2 aromatic rings. The number of hydrogen-bond donors (Lipinski definition) is 2. The maximum Gasteiger partial charge on any atom is 0.238 e. The highest BCUT2D eigenvalue weighted by atomic mass is 32.2. The molecule has 1 atom stereocenters. The molecule has 3 rings (SSSR count). The van der Waals surface area contributed by atoms with Crippen LogP contribution in [-0.4, -0.2) is 29.0 Å². The molecule has 0 bridgehead atoms. The van der Waals surface area contributed by atoms with Crippen molar-refractivity contribution in [2.75, 3.05) is 17.8 Å². The quantitative estimate of drug-likeness (QED) is 0.835. The minimum atomic E-state index is -0.208. The molecule has 138 valence electrons. The van der Waals surface area contributed by atoms with Gasteiger partial charge in [-0.25, -0.2) is 0 Å². The van der Waals surface area contributed by atoms with Crippen molar-refractivity contribution in [2.45, 2.75) is 32.1 Å². The Morgan fingerprint density at radius 3 is 2.58 bits per heavy atom. The molecule has 1 heterocycles. The number of phenolic OH excluding ortho intramolecular Hbond substituents is 2. The van der Waals surface area contributed by atoms with E-state index in [-0.39, 0.29) is 28.7 Å². The van der Waals surface area contributed by atoms with E-state index >= 15 is 0 Å². The number of phenols is 2. The summed E-state index contributed by atoms with van der Waals surface area (Å²) < 4.78 is 5.21. The van der Waals surface area contributed by atoms with E-state index in [0.29, 0.717) is 11.5 Å². The molecule has 2 aromatic carbocycles. The number of anilines is 1. The molecule has 0 spiro atoms. The van der Waals surface area contributed by atoms with Crippen LogP contribution in [-0.2, 0) is 4.79 Å². The van der Waals surface area contributed by atoms with Crippen LogP contribution in [0.5, 0.6) is 17.2 Å². The number of benzene rings is 2. The van der Waals surface area contributed by atoms with E-state index in [4.69, 9.17) is 4.74 Å². The molecular formula is C20H23NO4S. The highest BCUT2D eigenvalue weighted by Gasteiger charge is 2.35. The molecule has 2 N–H and O–H groups in total. The minimum absolute atomic E-state index is 0.0236. The largest absolute Gasteiger partial charge is 0.508 e. The number of aryl methyl sites for hydroxylation is 1. The van der Waals surface area contributed by atoms with Crippen molar-refractivity contribution in [3.05, 3.63) is 47.0 Å². The maximum atomic E-state index is 12.7. The second-order valence-electron chi connectivity index (χ2n) is 6.71. The van der Waals surface area contributed by atoms with Gasteiger partial charge >= 0.3 is 0 Å². The minimum Gasteiger partial charge on any atom is -0.508 e. The third-order valence-corrected chi connectivity index (χ3v) is 5.80. The standard InChI is InChI=1S/C20H23NO4S/c1-11(2)14-9-15(12(3)7-17(14)23)21-19(24)10-26-20(21)13-5-6-16(22)18(8-13)25-4/h5-9,11,20,22-23H,10H2,1-4H3. The number of carbonyl (C=O) groups is 1. The third-order valence-electron chi connectivity index (χ3n) is 4.58. The van der Waals surface area contributed by atoms with Crippen LogP contribution in [0.3, 0.4) is 0 Å². The molecule has 1 fully saturated rings. The molecule has 0 saturated carbocycles.